The SMILES string of the molecule is CC(C)NS(=O)(=O)Nc1ccc(OCC(=N)N)cc1. The van der Waals surface area contributed by atoms with Crippen molar-refractivity contribution in [2.45, 2.75) is 19.9 Å². The van der Waals surface area contributed by atoms with Crippen LogP contribution in [0, 0.1) is 5.41 Å². The molecule has 0 heterocycles. The van der Waals surface area contributed by atoms with Gasteiger partial charge in [0.2, 0.25) is 0 Å². The Morgan fingerprint density at radius 3 is 2.42 bits per heavy atom. The van der Waals surface area contributed by atoms with Crippen LogP contribution in [0.3, 0.4) is 0 Å². The third kappa shape index (κ3) is 6.07. The minimum Gasteiger partial charge on any atom is -0.486 e. The molecule has 0 aliphatic rings. The molecular formula is C11H18N4O3S. The van der Waals surface area contributed by atoms with Crippen LogP contribution in [0.15, 0.2) is 24.3 Å². The van der Waals surface area contributed by atoms with Crippen LogP contribution < -0.4 is 19.9 Å². The standard InChI is InChI=1S/C11H18N4O3S/c1-8(2)14-19(16,17)15-9-3-5-10(6-4-9)18-7-11(12)13/h3-6,8,14-15H,7H2,1-2H3,(H3,12,13). The number of hydrogen-bond donors (Lipinski definition) is 4. The van der Waals surface area contributed by atoms with Crippen molar-refractivity contribution in [3.8, 4) is 5.75 Å². The summed E-state index contributed by atoms with van der Waals surface area (Å²) in [6.45, 7) is 3.47. The third-order valence-corrected chi connectivity index (χ3v) is 3.18. The molecule has 0 unspecified atom stereocenters. The van der Waals surface area contributed by atoms with Crippen molar-refractivity contribution in [1.82, 2.24) is 4.72 Å². The maximum absolute atomic E-state index is 11.6. The van der Waals surface area contributed by atoms with Gasteiger partial charge in [-0.1, -0.05) is 0 Å². The van der Waals surface area contributed by atoms with Crippen molar-refractivity contribution in [1.29, 1.82) is 5.41 Å². The van der Waals surface area contributed by atoms with Gasteiger partial charge in [0, 0.05) is 6.04 Å². The van der Waals surface area contributed by atoms with Gasteiger partial charge >= 0.3 is 0 Å². The van der Waals surface area contributed by atoms with Crippen molar-refractivity contribution in [3.63, 3.8) is 0 Å². The van der Waals surface area contributed by atoms with Crippen molar-refractivity contribution in [3.05, 3.63) is 24.3 Å². The van der Waals surface area contributed by atoms with E-state index in [1.165, 1.54) is 0 Å². The van der Waals surface area contributed by atoms with Gasteiger partial charge in [-0.3, -0.25) is 10.1 Å². The molecule has 1 aromatic rings. The lowest BCUT2D eigenvalue weighted by Crippen LogP contribution is -2.35. The van der Waals surface area contributed by atoms with Gasteiger partial charge in [-0.2, -0.15) is 13.1 Å². The average Bonchev–Trinajstić information content (AvgIpc) is 2.25. The van der Waals surface area contributed by atoms with Crippen molar-refractivity contribution in [2.75, 3.05) is 11.3 Å². The number of rotatable bonds is 7. The van der Waals surface area contributed by atoms with Gasteiger partial charge in [-0.05, 0) is 38.1 Å². The maximum atomic E-state index is 11.6. The molecular weight excluding hydrogens is 268 g/mol. The maximum Gasteiger partial charge on any atom is 0.299 e. The molecule has 0 aliphatic carbocycles. The second-order valence-corrected chi connectivity index (χ2v) is 5.66. The second kappa shape index (κ2) is 6.39. The second-order valence-electron chi connectivity index (χ2n) is 4.22. The Bertz CT molecular complexity index is 525. The molecule has 0 fully saturated rings. The predicted octanol–water partition coefficient (Wildman–Crippen LogP) is 0.656. The number of amidine groups is 1. The smallest absolute Gasteiger partial charge is 0.299 e. The highest BCUT2D eigenvalue weighted by Crippen LogP contribution is 2.16. The van der Waals surface area contributed by atoms with Crippen LogP contribution >= 0.6 is 0 Å². The normalized spacial score (nSPS) is 11.3. The van der Waals surface area contributed by atoms with Crippen LogP contribution in [0.5, 0.6) is 5.75 Å². The van der Waals surface area contributed by atoms with Gasteiger partial charge in [0.15, 0.2) is 0 Å². The molecule has 0 radical (unpaired) electrons. The molecule has 1 aromatic carbocycles. The Kier molecular flexibility index (Phi) is 5.13. The van der Waals surface area contributed by atoms with Crippen molar-refractivity contribution >= 4 is 21.7 Å². The van der Waals surface area contributed by atoms with Crippen LogP contribution in [0.4, 0.5) is 5.69 Å². The van der Waals surface area contributed by atoms with Crippen molar-refractivity contribution in [2.24, 2.45) is 5.73 Å². The summed E-state index contributed by atoms with van der Waals surface area (Å²) >= 11 is 0. The lowest BCUT2D eigenvalue weighted by atomic mass is 10.3. The highest BCUT2D eigenvalue weighted by molar-refractivity contribution is 7.90. The first-order valence-electron chi connectivity index (χ1n) is 5.64. The summed E-state index contributed by atoms with van der Waals surface area (Å²) in [5.74, 6) is 0.431. The molecule has 8 heteroatoms. The summed E-state index contributed by atoms with van der Waals surface area (Å²) in [6, 6.07) is 6.13. The summed E-state index contributed by atoms with van der Waals surface area (Å²) in [5, 5.41) is 7.02. The predicted molar refractivity (Wildman–Crippen MR) is 74.7 cm³/mol. The first-order valence-corrected chi connectivity index (χ1v) is 7.12. The number of nitrogens with two attached hydrogens (primary N) is 1. The Labute approximate surface area is 112 Å². The van der Waals surface area contributed by atoms with Crippen LogP contribution in [0.25, 0.3) is 0 Å². The lowest BCUT2D eigenvalue weighted by molar-refractivity contribution is 0.374. The summed E-state index contributed by atoms with van der Waals surface area (Å²) in [7, 11) is -3.57. The van der Waals surface area contributed by atoms with E-state index in [1.54, 1.807) is 38.1 Å². The summed E-state index contributed by atoms with van der Waals surface area (Å²) in [4.78, 5) is 0. The molecule has 0 aliphatic heterocycles. The highest BCUT2D eigenvalue weighted by Gasteiger charge is 2.11. The first-order chi connectivity index (χ1) is 8.78. The molecule has 0 aromatic heterocycles. The molecule has 7 nitrogen and oxygen atoms in total. The fourth-order valence-corrected chi connectivity index (χ4v) is 2.40. The summed E-state index contributed by atoms with van der Waals surface area (Å²) in [5.41, 5.74) is 5.58. The van der Waals surface area contributed by atoms with Crippen molar-refractivity contribution < 1.29 is 13.2 Å². The number of nitrogens with one attached hydrogen (secondary N) is 3. The van der Waals surface area contributed by atoms with E-state index in [-0.39, 0.29) is 18.5 Å². The molecule has 0 amide bonds. The van der Waals surface area contributed by atoms with Crippen LogP contribution in [0.1, 0.15) is 13.8 Å². The third-order valence-electron chi connectivity index (χ3n) is 1.89. The Hall–Kier alpha value is -1.80. The Morgan fingerprint density at radius 2 is 1.95 bits per heavy atom. The van der Waals surface area contributed by atoms with E-state index in [4.69, 9.17) is 15.9 Å². The van der Waals surface area contributed by atoms with E-state index in [1.807, 2.05) is 0 Å². The van der Waals surface area contributed by atoms with E-state index in [0.717, 1.165) is 0 Å². The fraction of sp³-hybridized carbons (Fsp3) is 0.364. The average molecular weight is 286 g/mol. The fourth-order valence-electron chi connectivity index (χ4n) is 1.28. The van der Waals surface area contributed by atoms with Gasteiger partial charge in [0.1, 0.15) is 18.2 Å². The van der Waals surface area contributed by atoms with Gasteiger partial charge < -0.3 is 10.5 Å². The first kappa shape index (κ1) is 15.3. The van der Waals surface area contributed by atoms with Crippen LogP contribution in [0.2, 0.25) is 0 Å². The minimum atomic E-state index is -3.57. The van der Waals surface area contributed by atoms with Gasteiger partial charge in [0.05, 0.1) is 5.69 Å². The molecule has 0 spiro atoms. The molecule has 106 valence electrons. The summed E-state index contributed by atoms with van der Waals surface area (Å²) < 4.78 is 33.2. The molecule has 0 bridgehead atoms. The lowest BCUT2D eigenvalue weighted by Gasteiger charge is -2.12. The quantitative estimate of drug-likeness (QED) is 0.435. The molecule has 5 N–H and O–H groups in total. The van der Waals surface area contributed by atoms with E-state index >= 15 is 0 Å². The van der Waals surface area contributed by atoms with Crippen LogP contribution in [-0.4, -0.2) is 26.9 Å². The Morgan fingerprint density at radius 1 is 1.37 bits per heavy atom. The molecule has 0 saturated carbocycles. The number of hydrogen-bond acceptors (Lipinski definition) is 4. The van der Waals surface area contributed by atoms with Gasteiger partial charge in [-0.25, -0.2) is 0 Å². The molecule has 1 rings (SSSR count). The molecule has 19 heavy (non-hydrogen) atoms. The summed E-state index contributed by atoms with van der Waals surface area (Å²) in [6.07, 6.45) is 0. The monoisotopic (exact) mass is 286 g/mol. The minimum absolute atomic E-state index is 0.0000210. The largest absolute Gasteiger partial charge is 0.486 e. The van der Waals surface area contributed by atoms with Gasteiger partial charge in [0.25, 0.3) is 10.2 Å². The van der Waals surface area contributed by atoms with E-state index in [2.05, 4.69) is 9.44 Å². The van der Waals surface area contributed by atoms with E-state index in [9.17, 15) is 8.42 Å². The highest BCUT2D eigenvalue weighted by atomic mass is 32.2. The van der Waals surface area contributed by atoms with E-state index in [0.29, 0.717) is 11.4 Å². The van der Waals surface area contributed by atoms with E-state index < -0.39 is 10.2 Å². The zero-order valence-corrected chi connectivity index (χ0v) is 11.6. The molecule has 0 atom stereocenters. The zero-order valence-electron chi connectivity index (χ0n) is 10.8. The number of anilines is 1. The Balaban J connectivity index is 2.64. The number of ether oxygens (including phenoxy) is 1. The number of benzene rings is 1. The van der Waals surface area contributed by atoms with Gasteiger partial charge in [-0.15, -0.1) is 0 Å². The zero-order chi connectivity index (χ0) is 14.5. The molecule has 0 saturated heterocycles. The topological polar surface area (TPSA) is 117 Å². The van der Waals surface area contributed by atoms with Crippen LogP contribution in [-0.2, 0) is 10.2 Å².